The van der Waals surface area contributed by atoms with Crippen molar-refractivity contribution in [2.45, 2.75) is 52.1 Å². The van der Waals surface area contributed by atoms with Gasteiger partial charge in [0.1, 0.15) is 0 Å². The molecular weight excluding hydrogens is 272 g/mol. The van der Waals surface area contributed by atoms with Crippen molar-refractivity contribution in [3.8, 4) is 0 Å². The quantitative estimate of drug-likeness (QED) is 0.549. The van der Waals surface area contributed by atoms with Gasteiger partial charge in [-0.25, -0.2) is 0 Å². The van der Waals surface area contributed by atoms with Crippen molar-refractivity contribution in [2.75, 3.05) is 40.1 Å². The number of hydrogen-bond acceptors (Lipinski definition) is 4. The van der Waals surface area contributed by atoms with Crippen LogP contribution in [0.15, 0.2) is 0 Å². The standard InChI is InChI=1S/C15H32O4Si/c1-6-15(12-17-13-15)14(10-11-16-5)20(9-4,18-7-2)19-8-3/h14H,6-13H2,1-5H3. The van der Waals surface area contributed by atoms with E-state index in [4.69, 9.17) is 18.3 Å². The molecule has 0 saturated carbocycles. The lowest BCUT2D eigenvalue weighted by molar-refractivity contribution is -0.128. The van der Waals surface area contributed by atoms with Gasteiger partial charge in [0.15, 0.2) is 0 Å². The molecule has 0 aromatic carbocycles. The average molecular weight is 305 g/mol. The van der Waals surface area contributed by atoms with E-state index >= 15 is 0 Å². The third-order valence-electron chi connectivity index (χ3n) is 4.63. The van der Waals surface area contributed by atoms with Crippen LogP contribution in [0.3, 0.4) is 0 Å². The van der Waals surface area contributed by atoms with Gasteiger partial charge in [0.2, 0.25) is 0 Å². The Morgan fingerprint density at radius 3 is 2.00 bits per heavy atom. The summed E-state index contributed by atoms with van der Waals surface area (Å²) in [6.07, 6.45) is 2.13. The Hall–Kier alpha value is 0.0569. The molecule has 1 rings (SSSR count). The molecule has 0 aromatic heterocycles. The highest BCUT2D eigenvalue weighted by Gasteiger charge is 2.57. The lowest BCUT2D eigenvalue weighted by Gasteiger charge is -2.52. The summed E-state index contributed by atoms with van der Waals surface area (Å²) in [5.41, 5.74) is 0.670. The lowest BCUT2D eigenvalue weighted by Crippen LogP contribution is -2.58. The Kier molecular flexibility index (Phi) is 7.68. The topological polar surface area (TPSA) is 36.9 Å². The molecule has 0 aliphatic carbocycles. The van der Waals surface area contributed by atoms with E-state index in [1.165, 1.54) is 0 Å². The second-order valence-electron chi connectivity index (χ2n) is 5.57. The maximum atomic E-state index is 6.27. The Labute approximate surface area is 125 Å². The Morgan fingerprint density at radius 2 is 1.70 bits per heavy atom. The summed E-state index contributed by atoms with van der Waals surface area (Å²) < 4.78 is 23.4. The van der Waals surface area contributed by atoms with Crippen LogP contribution in [0.5, 0.6) is 0 Å². The van der Waals surface area contributed by atoms with Gasteiger partial charge in [0.05, 0.1) is 13.2 Å². The van der Waals surface area contributed by atoms with E-state index in [1.807, 2.05) is 0 Å². The highest BCUT2D eigenvalue weighted by atomic mass is 28.4. The Bertz CT molecular complexity index is 257. The molecule has 120 valence electrons. The minimum absolute atomic E-state index is 0.227. The minimum Gasteiger partial charge on any atom is -0.394 e. The van der Waals surface area contributed by atoms with Gasteiger partial charge >= 0.3 is 8.56 Å². The van der Waals surface area contributed by atoms with Crippen LogP contribution in [-0.2, 0) is 18.3 Å². The third kappa shape index (κ3) is 3.63. The van der Waals surface area contributed by atoms with Gasteiger partial charge in [-0.05, 0) is 32.7 Å². The molecule has 4 nitrogen and oxygen atoms in total. The van der Waals surface area contributed by atoms with E-state index in [1.54, 1.807) is 7.11 Å². The number of hydrogen-bond donors (Lipinski definition) is 0. The predicted octanol–water partition coefficient (Wildman–Crippen LogP) is 3.35. The van der Waals surface area contributed by atoms with Crippen LogP contribution in [0.25, 0.3) is 0 Å². The van der Waals surface area contributed by atoms with E-state index in [0.29, 0.717) is 5.54 Å². The Balaban J connectivity index is 3.02. The highest BCUT2D eigenvalue weighted by molar-refractivity contribution is 6.69. The molecular formula is C15H32O4Si. The smallest absolute Gasteiger partial charge is 0.341 e. The minimum atomic E-state index is -2.22. The van der Waals surface area contributed by atoms with Crippen LogP contribution in [0.4, 0.5) is 0 Å². The first-order valence-corrected chi connectivity index (χ1v) is 10.1. The molecule has 0 amide bonds. The van der Waals surface area contributed by atoms with Gasteiger partial charge < -0.3 is 18.3 Å². The average Bonchev–Trinajstić information content (AvgIpc) is 2.41. The summed E-state index contributed by atoms with van der Waals surface area (Å²) >= 11 is 0. The molecule has 1 aliphatic heterocycles. The van der Waals surface area contributed by atoms with Crippen LogP contribution in [0.1, 0.15) is 40.5 Å². The molecule has 0 spiro atoms. The molecule has 20 heavy (non-hydrogen) atoms. The zero-order valence-corrected chi connectivity index (χ0v) is 14.9. The first kappa shape index (κ1) is 18.1. The molecule has 1 saturated heterocycles. The fourth-order valence-corrected chi connectivity index (χ4v) is 7.65. The molecule has 1 atom stereocenters. The normalized spacial score (nSPS) is 19.6. The van der Waals surface area contributed by atoms with E-state index in [2.05, 4.69) is 27.7 Å². The predicted molar refractivity (Wildman–Crippen MR) is 83.3 cm³/mol. The van der Waals surface area contributed by atoms with Gasteiger partial charge in [-0.15, -0.1) is 0 Å². The van der Waals surface area contributed by atoms with Crippen molar-refractivity contribution in [1.82, 2.24) is 0 Å². The lowest BCUT2D eigenvalue weighted by atomic mass is 9.78. The molecule has 0 radical (unpaired) electrons. The summed E-state index contributed by atoms with van der Waals surface area (Å²) in [5.74, 6) is 0. The van der Waals surface area contributed by atoms with Crippen LogP contribution < -0.4 is 0 Å². The zero-order valence-electron chi connectivity index (χ0n) is 13.9. The molecule has 5 heteroatoms. The zero-order chi connectivity index (χ0) is 15.1. The van der Waals surface area contributed by atoms with E-state index < -0.39 is 8.56 Å². The molecule has 0 bridgehead atoms. The summed E-state index contributed by atoms with van der Waals surface area (Å²) in [6.45, 7) is 12.5. The maximum absolute atomic E-state index is 6.27. The van der Waals surface area contributed by atoms with E-state index in [0.717, 1.165) is 51.9 Å². The second-order valence-corrected chi connectivity index (χ2v) is 9.18. The summed E-state index contributed by atoms with van der Waals surface area (Å²) in [5, 5.41) is 0. The number of ether oxygens (including phenoxy) is 2. The maximum Gasteiger partial charge on any atom is 0.341 e. The van der Waals surface area contributed by atoms with Crippen molar-refractivity contribution >= 4 is 8.56 Å². The number of methoxy groups -OCH3 is 1. The molecule has 0 aromatic rings. The highest BCUT2D eigenvalue weighted by Crippen LogP contribution is 2.51. The van der Waals surface area contributed by atoms with Crippen LogP contribution >= 0.6 is 0 Å². The first-order valence-electron chi connectivity index (χ1n) is 7.99. The van der Waals surface area contributed by atoms with Crippen LogP contribution in [0.2, 0.25) is 11.6 Å². The van der Waals surface area contributed by atoms with Gasteiger partial charge in [0.25, 0.3) is 0 Å². The van der Waals surface area contributed by atoms with Gasteiger partial charge in [-0.2, -0.15) is 0 Å². The summed E-state index contributed by atoms with van der Waals surface area (Å²) in [4.78, 5) is 0. The van der Waals surface area contributed by atoms with Crippen LogP contribution in [0, 0.1) is 5.41 Å². The fourth-order valence-electron chi connectivity index (χ4n) is 3.43. The monoisotopic (exact) mass is 304 g/mol. The fraction of sp³-hybridized carbons (Fsp3) is 1.00. The molecule has 1 unspecified atom stereocenters. The van der Waals surface area contributed by atoms with Crippen molar-refractivity contribution in [3.05, 3.63) is 0 Å². The van der Waals surface area contributed by atoms with E-state index in [-0.39, 0.29) is 5.41 Å². The third-order valence-corrected chi connectivity index (χ3v) is 9.14. The van der Waals surface area contributed by atoms with Gasteiger partial charge in [-0.3, -0.25) is 0 Å². The number of rotatable bonds is 11. The molecule has 0 N–H and O–H groups in total. The molecule has 1 heterocycles. The van der Waals surface area contributed by atoms with Crippen molar-refractivity contribution < 1.29 is 18.3 Å². The first-order chi connectivity index (χ1) is 9.64. The second kappa shape index (κ2) is 8.49. The van der Waals surface area contributed by atoms with Gasteiger partial charge in [0, 0.05) is 37.9 Å². The van der Waals surface area contributed by atoms with Crippen LogP contribution in [-0.4, -0.2) is 48.7 Å². The van der Waals surface area contributed by atoms with Crippen molar-refractivity contribution in [3.63, 3.8) is 0 Å². The van der Waals surface area contributed by atoms with Crippen molar-refractivity contribution in [2.24, 2.45) is 5.41 Å². The largest absolute Gasteiger partial charge is 0.394 e. The summed E-state index contributed by atoms with van der Waals surface area (Å²) in [6, 6.07) is 0.991. The van der Waals surface area contributed by atoms with Crippen molar-refractivity contribution in [1.29, 1.82) is 0 Å². The van der Waals surface area contributed by atoms with Gasteiger partial charge in [-0.1, -0.05) is 13.8 Å². The molecule has 1 aliphatic rings. The summed E-state index contributed by atoms with van der Waals surface area (Å²) in [7, 11) is -0.455. The Morgan fingerprint density at radius 1 is 1.10 bits per heavy atom. The molecule has 1 fully saturated rings. The SMILES string of the molecule is CCO[Si](CC)(OCC)C(CCOC)C1(CC)COC1. The van der Waals surface area contributed by atoms with E-state index in [9.17, 15) is 0 Å².